The summed E-state index contributed by atoms with van der Waals surface area (Å²) in [4.78, 5) is 11.3. The summed E-state index contributed by atoms with van der Waals surface area (Å²) in [5.74, 6) is 0.442. The number of rotatable bonds is 8. The van der Waals surface area contributed by atoms with Crippen LogP contribution in [0.15, 0.2) is 12.1 Å². The fourth-order valence-corrected chi connectivity index (χ4v) is 2.19. The van der Waals surface area contributed by atoms with Crippen molar-refractivity contribution in [2.45, 2.75) is 32.4 Å². The molecule has 1 aliphatic carbocycles. The van der Waals surface area contributed by atoms with Gasteiger partial charge in [-0.2, -0.15) is 0 Å². The Hall–Kier alpha value is -1.46. The van der Waals surface area contributed by atoms with Gasteiger partial charge in [-0.1, -0.05) is 11.6 Å². The number of nitrogens with one attached hydrogen (secondary N) is 1. The average molecular weight is 314 g/mol. The first-order valence-corrected chi connectivity index (χ1v) is 7.40. The van der Waals surface area contributed by atoms with Gasteiger partial charge in [0.05, 0.1) is 18.7 Å². The van der Waals surface area contributed by atoms with Crippen molar-refractivity contribution in [3.63, 3.8) is 0 Å². The number of esters is 1. The van der Waals surface area contributed by atoms with Gasteiger partial charge in [-0.25, -0.2) is 4.79 Å². The van der Waals surface area contributed by atoms with E-state index in [1.165, 1.54) is 12.8 Å². The predicted molar refractivity (Wildman–Crippen MR) is 80.0 cm³/mol. The van der Waals surface area contributed by atoms with E-state index in [1.54, 1.807) is 14.0 Å². The maximum absolute atomic E-state index is 11.3. The first kappa shape index (κ1) is 15.9. The van der Waals surface area contributed by atoms with Gasteiger partial charge in [-0.3, -0.25) is 0 Å². The molecule has 1 aromatic rings. The highest BCUT2D eigenvalue weighted by atomic mass is 35.5. The molecule has 0 amide bonds. The highest BCUT2D eigenvalue weighted by Crippen LogP contribution is 2.36. The highest BCUT2D eigenvalue weighted by molar-refractivity contribution is 6.32. The van der Waals surface area contributed by atoms with Crippen LogP contribution in [0.4, 0.5) is 0 Å². The quantitative estimate of drug-likeness (QED) is 0.747. The zero-order valence-corrected chi connectivity index (χ0v) is 13.0. The van der Waals surface area contributed by atoms with Gasteiger partial charge >= 0.3 is 5.97 Å². The van der Waals surface area contributed by atoms with E-state index in [2.05, 4.69) is 5.32 Å². The number of carbonyl (C=O) groups excluding carboxylic acids is 1. The Labute approximate surface area is 129 Å². The molecule has 0 unspecified atom stereocenters. The second-order valence-electron chi connectivity index (χ2n) is 4.86. The number of ether oxygens (including phenoxy) is 3. The van der Waals surface area contributed by atoms with Crippen molar-refractivity contribution < 1.29 is 19.0 Å². The van der Waals surface area contributed by atoms with Crippen molar-refractivity contribution in [3.8, 4) is 11.5 Å². The Bertz CT molecular complexity index is 503. The van der Waals surface area contributed by atoms with Gasteiger partial charge in [-0.15, -0.1) is 0 Å². The number of methoxy groups -OCH3 is 1. The summed E-state index contributed by atoms with van der Waals surface area (Å²) in [6.07, 6.45) is 2.46. The lowest BCUT2D eigenvalue weighted by Crippen LogP contribution is -2.16. The van der Waals surface area contributed by atoms with E-state index in [0.717, 1.165) is 12.1 Å². The van der Waals surface area contributed by atoms with E-state index in [1.807, 2.05) is 12.1 Å². The van der Waals surface area contributed by atoms with Gasteiger partial charge in [0, 0.05) is 12.6 Å². The van der Waals surface area contributed by atoms with Crippen molar-refractivity contribution in [2.75, 3.05) is 20.3 Å². The fraction of sp³-hybridized carbons (Fsp3) is 0.533. The summed E-state index contributed by atoms with van der Waals surface area (Å²) in [6, 6.07) is 4.30. The zero-order valence-electron chi connectivity index (χ0n) is 12.3. The molecule has 116 valence electrons. The van der Waals surface area contributed by atoms with E-state index < -0.39 is 5.97 Å². The molecule has 0 radical (unpaired) electrons. The van der Waals surface area contributed by atoms with Crippen LogP contribution in [-0.4, -0.2) is 32.3 Å². The molecule has 5 nitrogen and oxygen atoms in total. The number of hydrogen-bond acceptors (Lipinski definition) is 5. The molecule has 0 spiro atoms. The van der Waals surface area contributed by atoms with E-state index in [0.29, 0.717) is 29.2 Å². The Morgan fingerprint density at radius 1 is 1.43 bits per heavy atom. The lowest BCUT2D eigenvalue weighted by molar-refractivity contribution is -0.145. The molecule has 0 bridgehead atoms. The molecular formula is C15H20ClNO4. The van der Waals surface area contributed by atoms with Crippen LogP contribution in [0.3, 0.4) is 0 Å². The van der Waals surface area contributed by atoms with Crippen LogP contribution in [0.2, 0.25) is 5.02 Å². The van der Waals surface area contributed by atoms with Gasteiger partial charge in [-0.05, 0) is 37.5 Å². The Morgan fingerprint density at radius 2 is 2.19 bits per heavy atom. The Balaban J connectivity index is 2.03. The molecule has 21 heavy (non-hydrogen) atoms. The highest BCUT2D eigenvalue weighted by Gasteiger charge is 2.21. The number of carbonyl (C=O) groups is 1. The van der Waals surface area contributed by atoms with Gasteiger partial charge < -0.3 is 19.5 Å². The van der Waals surface area contributed by atoms with Crippen molar-refractivity contribution >= 4 is 17.6 Å². The third kappa shape index (κ3) is 4.79. The first-order chi connectivity index (χ1) is 10.1. The van der Waals surface area contributed by atoms with Gasteiger partial charge in [0.1, 0.15) is 0 Å². The van der Waals surface area contributed by atoms with E-state index in [9.17, 15) is 4.79 Å². The summed E-state index contributed by atoms with van der Waals surface area (Å²) in [7, 11) is 1.54. The van der Waals surface area contributed by atoms with Crippen molar-refractivity contribution in [2.24, 2.45) is 0 Å². The predicted octanol–water partition coefficient (Wildman–Crippen LogP) is 2.54. The molecule has 1 N–H and O–H groups in total. The molecule has 1 aromatic carbocycles. The van der Waals surface area contributed by atoms with E-state index in [4.69, 9.17) is 25.8 Å². The molecule has 2 rings (SSSR count). The number of halogens is 1. The Morgan fingerprint density at radius 3 is 2.81 bits per heavy atom. The smallest absolute Gasteiger partial charge is 0.344 e. The van der Waals surface area contributed by atoms with Crippen LogP contribution in [0, 0.1) is 0 Å². The molecular weight excluding hydrogens is 294 g/mol. The molecule has 6 heteroatoms. The van der Waals surface area contributed by atoms with Crippen LogP contribution in [0.5, 0.6) is 11.5 Å². The van der Waals surface area contributed by atoms with Crippen LogP contribution in [-0.2, 0) is 16.1 Å². The van der Waals surface area contributed by atoms with E-state index in [-0.39, 0.29) is 6.61 Å². The standard InChI is InChI=1S/C15H20ClNO4/c1-3-20-14(18)9-21-15-12(16)6-10(7-13(15)19-2)8-17-11-4-5-11/h6-7,11,17H,3-5,8-9H2,1-2H3. The second kappa shape index (κ2) is 7.52. The minimum absolute atomic E-state index is 0.191. The first-order valence-electron chi connectivity index (χ1n) is 7.02. The molecule has 0 saturated heterocycles. The SMILES string of the molecule is CCOC(=O)COc1c(Cl)cc(CNC2CC2)cc1OC. The summed E-state index contributed by atoms with van der Waals surface area (Å²) in [6.45, 7) is 2.61. The molecule has 0 heterocycles. The topological polar surface area (TPSA) is 56.8 Å². The summed E-state index contributed by atoms with van der Waals surface area (Å²) in [5, 5.41) is 3.83. The second-order valence-corrected chi connectivity index (χ2v) is 5.27. The average Bonchev–Trinajstić information content (AvgIpc) is 3.27. The zero-order chi connectivity index (χ0) is 15.2. The van der Waals surface area contributed by atoms with Crippen LogP contribution in [0.25, 0.3) is 0 Å². The molecule has 1 fully saturated rings. The third-order valence-electron chi connectivity index (χ3n) is 3.10. The van der Waals surface area contributed by atoms with Crippen LogP contribution in [0.1, 0.15) is 25.3 Å². The third-order valence-corrected chi connectivity index (χ3v) is 3.38. The number of hydrogen-bond donors (Lipinski definition) is 1. The summed E-state index contributed by atoms with van der Waals surface area (Å²) >= 11 is 6.22. The molecule has 0 aromatic heterocycles. The largest absolute Gasteiger partial charge is 0.493 e. The summed E-state index contributed by atoms with van der Waals surface area (Å²) < 4.78 is 15.5. The van der Waals surface area contributed by atoms with Crippen LogP contribution >= 0.6 is 11.6 Å². The lowest BCUT2D eigenvalue weighted by Gasteiger charge is -2.14. The van der Waals surface area contributed by atoms with Gasteiger partial charge in [0.2, 0.25) is 0 Å². The molecule has 0 aliphatic heterocycles. The number of benzene rings is 1. The summed E-state index contributed by atoms with van der Waals surface area (Å²) in [5.41, 5.74) is 1.02. The Kier molecular flexibility index (Phi) is 5.70. The minimum Gasteiger partial charge on any atom is -0.493 e. The van der Waals surface area contributed by atoms with Gasteiger partial charge in [0.15, 0.2) is 18.1 Å². The van der Waals surface area contributed by atoms with Gasteiger partial charge in [0.25, 0.3) is 0 Å². The normalized spacial score (nSPS) is 13.9. The van der Waals surface area contributed by atoms with Crippen molar-refractivity contribution in [3.05, 3.63) is 22.7 Å². The van der Waals surface area contributed by atoms with E-state index >= 15 is 0 Å². The maximum atomic E-state index is 11.3. The molecule has 1 saturated carbocycles. The monoisotopic (exact) mass is 313 g/mol. The maximum Gasteiger partial charge on any atom is 0.344 e. The molecule has 0 atom stereocenters. The fourth-order valence-electron chi connectivity index (χ4n) is 1.90. The van der Waals surface area contributed by atoms with Crippen LogP contribution < -0.4 is 14.8 Å². The van der Waals surface area contributed by atoms with Crippen molar-refractivity contribution in [1.82, 2.24) is 5.32 Å². The minimum atomic E-state index is -0.435. The molecule has 1 aliphatic rings. The van der Waals surface area contributed by atoms with Crippen molar-refractivity contribution in [1.29, 1.82) is 0 Å². The lowest BCUT2D eigenvalue weighted by atomic mass is 10.2.